The summed E-state index contributed by atoms with van der Waals surface area (Å²) >= 11 is 0. The third-order valence-electron chi connectivity index (χ3n) is 6.44. The number of hydrogen-bond acceptors (Lipinski definition) is 7. The molecule has 0 aliphatic carbocycles. The Labute approximate surface area is 194 Å². The Kier molecular flexibility index (Phi) is 5.07. The highest BCUT2D eigenvalue weighted by Crippen LogP contribution is 2.52. The van der Waals surface area contributed by atoms with Crippen molar-refractivity contribution in [3.8, 4) is 17.2 Å². The van der Waals surface area contributed by atoms with E-state index in [2.05, 4.69) is 19.7 Å². The number of aromatic hydroxyl groups is 1. The molecule has 0 amide bonds. The van der Waals surface area contributed by atoms with E-state index in [1.807, 2.05) is 32.1 Å². The van der Waals surface area contributed by atoms with Gasteiger partial charge in [0.1, 0.15) is 11.4 Å². The van der Waals surface area contributed by atoms with Gasteiger partial charge < -0.3 is 19.5 Å². The number of benzene rings is 2. The number of phenols is 1. The summed E-state index contributed by atoms with van der Waals surface area (Å²) in [5.74, 6) is -1.00. The number of fused-ring (bicyclic) bond motifs is 5. The van der Waals surface area contributed by atoms with Gasteiger partial charge in [0.2, 0.25) is 0 Å². The average molecular weight is 475 g/mol. The minimum absolute atomic E-state index is 0.0100. The van der Waals surface area contributed by atoms with Crippen molar-refractivity contribution in [3.63, 3.8) is 0 Å². The van der Waals surface area contributed by atoms with E-state index in [9.17, 15) is 23.1 Å². The van der Waals surface area contributed by atoms with Gasteiger partial charge in [0.25, 0.3) is 0 Å². The van der Waals surface area contributed by atoms with Gasteiger partial charge in [0.05, 0.1) is 19.4 Å². The largest absolute Gasteiger partial charge is 0.573 e. The molecule has 2 aromatic rings. The number of anilines is 1. The monoisotopic (exact) mass is 475 g/mol. The molecule has 180 valence electrons. The van der Waals surface area contributed by atoms with E-state index in [-0.39, 0.29) is 5.78 Å². The second kappa shape index (κ2) is 7.64. The number of nitrogens with zero attached hydrogens (tertiary/aromatic N) is 3. The molecule has 10 heteroatoms. The molecular formula is C24H24F3N3O4. The summed E-state index contributed by atoms with van der Waals surface area (Å²) in [7, 11) is 0. The molecule has 1 unspecified atom stereocenters. The summed E-state index contributed by atoms with van der Waals surface area (Å²) in [6.07, 6.45) is -2.89. The molecule has 34 heavy (non-hydrogen) atoms. The van der Waals surface area contributed by atoms with Crippen molar-refractivity contribution in [2.45, 2.75) is 38.8 Å². The molecule has 0 bridgehead atoms. The lowest BCUT2D eigenvalue weighted by Crippen LogP contribution is -2.51. The van der Waals surface area contributed by atoms with Crippen LogP contribution in [0.4, 0.5) is 18.9 Å². The van der Waals surface area contributed by atoms with Gasteiger partial charge in [0, 0.05) is 29.4 Å². The van der Waals surface area contributed by atoms with Gasteiger partial charge in [-0.15, -0.1) is 13.2 Å². The first-order valence-electron chi connectivity index (χ1n) is 10.8. The summed E-state index contributed by atoms with van der Waals surface area (Å²) in [4.78, 5) is 13.7. The normalized spacial score (nSPS) is 21.8. The number of hydrogen-bond donors (Lipinski definition) is 1. The Hall–Kier alpha value is -3.24. The summed E-state index contributed by atoms with van der Waals surface area (Å²) in [6, 6.07) is 9.33. The third-order valence-corrected chi connectivity index (χ3v) is 6.44. The Bertz CT molecular complexity index is 1180. The Morgan fingerprint density at radius 3 is 2.53 bits per heavy atom. The highest BCUT2D eigenvalue weighted by molar-refractivity contribution is 5.94. The molecule has 1 atom stereocenters. The van der Waals surface area contributed by atoms with E-state index in [0.29, 0.717) is 36.8 Å². The summed E-state index contributed by atoms with van der Waals surface area (Å²) < 4.78 is 48.9. The summed E-state index contributed by atoms with van der Waals surface area (Å²) in [6.45, 7) is 6.97. The minimum atomic E-state index is -4.94. The maximum Gasteiger partial charge on any atom is 0.573 e. The van der Waals surface area contributed by atoms with Crippen LogP contribution in [0, 0.1) is 0 Å². The molecular weight excluding hydrogens is 451 g/mol. The van der Waals surface area contributed by atoms with E-state index in [4.69, 9.17) is 4.74 Å². The van der Waals surface area contributed by atoms with Crippen LogP contribution in [0.2, 0.25) is 0 Å². The van der Waals surface area contributed by atoms with Crippen LogP contribution < -0.4 is 14.4 Å². The molecule has 3 aliphatic heterocycles. The number of Topliss-reactive ketones (excluding diaryl/α,β-unsaturated/α-hetero) is 1. The molecule has 0 aromatic heterocycles. The quantitative estimate of drug-likeness (QED) is 0.514. The van der Waals surface area contributed by atoms with E-state index in [1.165, 1.54) is 19.1 Å². The first-order chi connectivity index (χ1) is 15.9. The SMILES string of the molecule is CC(=O)c1ccc(N2CN3CC=C4C(c5cc(OC(F)(F)F)c(O)cc5OC4(C)C)N3C2)cc1. The highest BCUT2D eigenvalue weighted by Gasteiger charge is 2.48. The predicted molar refractivity (Wildman–Crippen MR) is 118 cm³/mol. The number of hydrazine groups is 1. The van der Waals surface area contributed by atoms with Crippen molar-refractivity contribution < 1.29 is 32.5 Å². The zero-order chi connectivity index (χ0) is 24.4. The number of phenolic OH excluding ortho intramolecular Hbond substituents is 1. The van der Waals surface area contributed by atoms with Gasteiger partial charge in [-0.2, -0.15) is 0 Å². The van der Waals surface area contributed by atoms with Crippen molar-refractivity contribution in [3.05, 3.63) is 59.2 Å². The number of carbonyl (C=O) groups excluding carboxylic acids is 1. The maximum atomic E-state index is 12.9. The lowest BCUT2D eigenvalue weighted by molar-refractivity contribution is -0.275. The van der Waals surface area contributed by atoms with Gasteiger partial charge in [-0.25, -0.2) is 10.0 Å². The molecule has 0 spiro atoms. The first kappa shape index (κ1) is 22.5. The molecule has 7 nitrogen and oxygen atoms in total. The van der Waals surface area contributed by atoms with E-state index < -0.39 is 29.5 Å². The van der Waals surface area contributed by atoms with E-state index in [0.717, 1.165) is 11.3 Å². The Morgan fingerprint density at radius 2 is 1.88 bits per heavy atom. The molecule has 1 fully saturated rings. The van der Waals surface area contributed by atoms with Crippen LogP contribution in [0.3, 0.4) is 0 Å². The maximum absolute atomic E-state index is 12.9. The summed E-state index contributed by atoms with van der Waals surface area (Å²) in [5, 5.41) is 14.4. The average Bonchev–Trinajstić information content (AvgIpc) is 3.18. The molecule has 2 aromatic carbocycles. The highest BCUT2D eigenvalue weighted by atomic mass is 19.4. The number of halogens is 3. The number of rotatable bonds is 3. The number of alkyl halides is 3. The smallest absolute Gasteiger partial charge is 0.504 e. The van der Waals surface area contributed by atoms with Crippen molar-refractivity contribution in [1.29, 1.82) is 0 Å². The minimum Gasteiger partial charge on any atom is -0.504 e. The predicted octanol–water partition coefficient (Wildman–Crippen LogP) is 4.60. The number of ketones is 1. The Balaban J connectivity index is 1.52. The lowest BCUT2D eigenvalue weighted by atomic mass is 9.82. The van der Waals surface area contributed by atoms with Gasteiger partial charge in [-0.3, -0.25) is 4.79 Å². The molecule has 3 heterocycles. The van der Waals surface area contributed by atoms with Crippen LogP contribution in [-0.4, -0.2) is 52.8 Å². The van der Waals surface area contributed by atoms with Crippen LogP contribution >= 0.6 is 0 Å². The second-order valence-corrected chi connectivity index (χ2v) is 9.13. The fraction of sp³-hybridized carbons (Fsp3) is 0.375. The number of ether oxygens (including phenoxy) is 2. The fourth-order valence-electron chi connectivity index (χ4n) is 4.85. The van der Waals surface area contributed by atoms with Crippen molar-refractivity contribution >= 4 is 11.5 Å². The molecule has 1 saturated heterocycles. The fourth-order valence-corrected chi connectivity index (χ4v) is 4.85. The van der Waals surface area contributed by atoms with Gasteiger partial charge >= 0.3 is 6.36 Å². The molecule has 3 aliphatic rings. The topological polar surface area (TPSA) is 65.5 Å². The van der Waals surface area contributed by atoms with Gasteiger partial charge in [-0.1, -0.05) is 6.08 Å². The lowest BCUT2D eigenvalue weighted by Gasteiger charge is -2.48. The van der Waals surface area contributed by atoms with Crippen molar-refractivity contribution in [2.75, 3.05) is 24.8 Å². The van der Waals surface area contributed by atoms with Gasteiger partial charge in [0.15, 0.2) is 17.3 Å². The van der Waals surface area contributed by atoms with Crippen LogP contribution in [-0.2, 0) is 0 Å². The molecule has 0 saturated carbocycles. The van der Waals surface area contributed by atoms with Crippen LogP contribution in [0.1, 0.15) is 42.7 Å². The Morgan fingerprint density at radius 1 is 1.18 bits per heavy atom. The first-order valence-corrected chi connectivity index (χ1v) is 10.8. The standard InChI is InChI=1S/C24H24F3N3O4/c1-14(31)15-4-6-16(7-5-15)28-12-29-9-8-18-22(30(29)13-28)17-10-21(34-24(25,26)27)19(32)11-20(17)33-23(18,2)3/h4-8,10-11,22,32H,9,12-13H2,1-3H3. The van der Waals surface area contributed by atoms with E-state index in [1.54, 1.807) is 12.1 Å². The van der Waals surface area contributed by atoms with Crippen molar-refractivity contribution in [1.82, 2.24) is 10.0 Å². The van der Waals surface area contributed by atoms with Crippen LogP contribution in [0.5, 0.6) is 17.2 Å². The van der Waals surface area contributed by atoms with Gasteiger partial charge in [-0.05, 0) is 56.7 Å². The molecule has 0 radical (unpaired) electrons. The molecule has 5 rings (SSSR count). The van der Waals surface area contributed by atoms with Crippen LogP contribution in [0.25, 0.3) is 0 Å². The zero-order valence-electron chi connectivity index (χ0n) is 18.9. The zero-order valence-corrected chi connectivity index (χ0v) is 18.9. The van der Waals surface area contributed by atoms with Crippen LogP contribution in [0.15, 0.2) is 48.0 Å². The number of carbonyl (C=O) groups is 1. The van der Waals surface area contributed by atoms with Crippen molar-refractivity contribution in [2.24, 2.45) is 0 Å². The van der Waals surface area contributed by atoms with E-state index >= 15 is 0 Å². The molecule has 1 N–H and O–H groups in total. The summed E-state index contributed by atoms with van der Waals surface area (Å²) in [5.41, 5.74) is 2.25. The third kappa shape index (κ3) is 3.86. The second-order valence-electron chi connectivity index (χ2n) is 9.13.